The fraction of sp³-hybridized carbons (Fsp3) is 0.412. The van der Waals surface area contributed by atoms with Crippen LogP contribution in [0.3, 0.4) is 0 Å². The maximum Gasteiger partial charge on any atom is 0.318 e. The molecule has 0 saturated heterocycles. The first-order chi connectivity index (χ1) is 12.6. The molecule has 0 bridgehead atoms. The maximum atomic E-state index is 12.4. The molecule has 9 heteroatoms. The van der Waals surface area contributed by atoms with Gasteiger partial charge in [0.2, 0.25) is 5.89 Å². The van der Waals surface area contributed by atoms with Crippen molar-refractivity contribution in [2.45, 2.75) is 33.5 Å². The van der Waals surface area contributed by atoms with Crippen LogP contribution in [0.15, 0.2) is 29.0 Å². The van der Waals surface area contributed by atoms with E-state index in [0.717, 1.165) is 16.9 Å². The van der Waals surface area contributed by atoms with Gasteiger partial charge in [-0.2, -0.15) is 4.98 Å². The van der Waals surface area contributed by atoms with Crippen LogP contribution in [0, 0.1) is 6.92 Å². The Hall–Kier alpha value is -2.94. The number of ether oxygens (including phenoxy) is 1. The van der Waals surface area contributed by atoms with Gasteiger partial charge in [0.1, 0.15) is 18.8 Å². The van der Waals surface area contributed by atoms with Crippen molar-refractivity contribution in [3.63, 3.8) is 0 Å². The normalized spacial score (nSPS) is 11.0. The lowest BCUT2D eigenvalue weighted by atomic mass is 10.3. The molecule has 0 saturated carbocycles. The quantitative estimate of drug-likeness (QED) is 0.693. The summed E-state index contributed by atoms with van der Waals surface area (Å²) in [6.07, 6.45) is 3.91. The van der Waals surface area contributed by atoms with Crippen LogP contribution < -0.4 is 5.32 Å². The number of aryl methyl sites for hydroxylation is 1. The summed E-state index contributed by atoms with van der Waals surface area (Å²) in [6, 6.07) is 3.74. The highest BCUT2D eigenvalue weighted by Crippen LogP contribution is 2.08. The van der Waals surface area contributed by atoms with Crippen LogP contribution in [0.5, 0.6) is 0 Å². The second-order valence-corrected chi connectivity index (χ2v) is 5.91. The molecule has 3 aromatic heterocycles. The molecule has 26 heavy (non-hydrogen) atoms. The molecule has 0 unspecified atom stereocenters. The molecule has 0 aliphatic rings. The zero-order chi connectivity index (χ0) is 18.5. The third-order valence-corrected chi connectivity index (χ3v) is 3.85. The summed E-state index contributed by atoms with van der Waals surface area (Å²) in [4.78, 5) is 22.7. The number of hydrogen-bond donors (Lipinski definition) is 1. The third-order valence-electron chi connectivity index (χ3n) is 3.85. The fourth-order valence-corrected chi connectivity index (χ4v) is 2.55. The predicted molar refractivity (Wildman–Crippen MR) is 93.3 cm³/mol. The highest BCUT2D eigenvalue weighted by Gasteiger charge is 2.16. The molecule has 3 heterocycles. The lowest BCUT2D eigenvalue weighted by Crippen LogP contribution is -2.39. The average molecular weight is 358 g/mol. The summed E-state index contributed by atoms with van der Waals surface area (Å²) in [5, 5.41) is 6.67. The topological polar surface area (TPSA) is 97.8 Å². The molecule has 0 spiro atoms. The van der Waals surface area contributed by atoms with Gasteiger partial charge < -0.3 is 23.9 Å². The molecular formula is C17H22N6O3. The number of nitrogens with one attached hydrogen (secondary N) is 1. The molecule has 2 amide bonds. The SMILES string of the molecule is CCN(Cc1nc(COC)no1)C(=O)NCc1cn2cc(C)ccc2n1. The number of amides is 2. The van der Waals surface area contributed by atoms with E-state index in [4.69, 9.17) is 9.26 Å². The Labute approximate surface area is 151 Å². The summed E-state index contributed by atoms with van der Waals surface area (Å²) in [6.45, 7) is 5.28. The van der Waals surface area contributed by atoms with Gasteiger partial charge in [0.25, 0.3) is 0 Å². The molecule has 3 rings (SSSR count). The molecule has 0 aliphatic heterocycles. The minimum absolute atomic E-state index is 0.216. The molecular weight excluding hydrogens is 336 g/mol. The minimum atomic E-state index is -0.216. The number of imidazole rings is 1. The van der Waals surface area contributed by atoms with Crippen LogP contribution in [0.2, 0.25) is 0 Å². The zero-order valence-corrected chi connectivity index (χ0v) is 15.1. The number of carbonyl (C=O) groups excluding carboxylic acids is 1. The van der Waals surface area contributed by atoms with E-state index >= 15 is 0 Å². The Morgan fingerprint density at radius 3 is 2.96 bits per heavy atom. The maximum absolute atomic E-state index is 12.4. The number of rotatable bonds is 7. The Morgan fingerprint density at radius 2 is 2.19 bits per heavy atom. The molecule has 0 aromatic carbocycles. The monoisotopic (exact) mass is 358 g/mol. The van der Waals surface area contributed by atoms with Crippen LogP contribution in [-0.4, -0.2) is 44.1 Å². The van der Waals surface area contributed by atoms with Crippen molar-refractivity contribution in [2.75, 3.05) is 13.7 Å². The number of nitrogens with zero attached hydrogens (tertiary/aromatic N) is 5. The second kappa shape index (κ2) is 7.96. The van der Waals surface area contributed by atoms with Gasteiger partial charge in [-0.1, -0.05) is 11.2 Å². The lowest BCUT2D eigenvalue weighted by Gasteiger charge is -2.18. The summed E-state index contributed by atoms with van der Waals surface area (Å²) in [5.41, 5.74) is 2.79. The Bertz CT molecular complexity index is 888. The zero-order valence-electron chi connectivity index (χ0n) is 15.1. The number of fused-ring (bicyclic) bond motifs is 1. The fourth-order valence-electron chi connectivity index (χ4n) is 2.55. The Morgan fingerprint density at radius 1 is 1.35 bits per heavy atom. The minimum Gasteiger partial charge on any atom is -0.377 e. The Kier molecular flexibility index (Phi) is 5.47. The van der Waals surface area contributed by atoms with E-state index in [1.54, 1.807) is 12.0 Å². The molecule has 0 radical (unpaired) electrons. The van der Waals surface area contributed by atoms with E-state index in [1.165, 1.54) is 0 Å². The number of aromatic nitrogens is 4. The van der Waals surface area contributed by atoms with Gasteiger partial charge in [0.05, 0.1) is 12.2 Å². The number of urea groups is 1. The predicted octanol–water partition coefficient (Wildman–Crippen LogP) is 1.90. The highest BCUT2D eigenvalue weighted by molar-refractivity contribution is 5.74. The van der Waals surface area contributed by atoms with Crippen molar-refractivity contribution in [2.24, 2.45) is 0 Å². The smallest absolute Gasteiger partial charge is 0.318 e. The van der Waals surface area contributed by atoms with E-state index in [0.29, 0.717) is 24.8 Å². The summed E-state index contributed by atoms with van der Waals surface area (Å²) in [5.74, 6) is 0.830. The van der Waals surface area contributed by atoms with Gasteiger partial charge in [-0.15, -0.1) is 0 Å². The van der Waals surface area contributed by atoms with Crippen molar-refractivity contribution < 1.29 is 14.1 Å². The van der Waals surface area contributed by atoms with Crippen molar-refractivity contribution in [3.05, 3.63) is 47.5 Å². The van der Waals surface area contributed by atoms with E-state index in [1.807, 2.05) is 42.8 Å². The van der Waals surface area contributed by atoms with Crippen LogP contribution in [0.4, 0.5) is 4.79 Å². The van der Waals surface area contributed by atoms with Crippen molar-refractivity contribution in [1.29, 1.82) is 0 Å². The lowest BCUT2D eigenvalue weighted by molar-refractivity contribution is 0.174. The molecule has 3 aromatic rings. The largest absolute Gasteiger partial charge is 0.377 e. The van der Waals surface area contributed by atoms with Crippen LogP contribution in [-0.2, 0) is 24.4 Å². The van der Waals surface area contributed by atoms with Crippen LogP contribution in [0.25, 0.3) is 5.65 Å². The summed E-state index contributed by atoms with van der Waals surface area (Å²) < 4.78 is 12.0. The first-order valence-electron chi connectivity index (χ1n) is 8.36. The van der Waals surface area contributed by atoms with Gasteiger partial charge in [-0.25, -0.2) is 9.78 Å². The van der Waals surface area contributed by atoms with Gasteiger partial charge in [-0.3, -0.25) is 0 Å². The highest BCUT2D eigenvalue weighted by atomic mass is 16.5. The van der Waals surface area contributed by atoms with Crippen molar-refractivity contribution in [1.82, 2.24) is 29.7 Å². The number of carbonyl (C=O) groups is 1. The van der Waals surface area contributed by atoms with Gasteiger partial charge in [0, 0.05) is 26.0 Å². The summed E-state index contributed by atoms with van der Waals surface area (Å²) >= 11 is 0. The van der Waals surface area contributed by atoms with Gasteiger partial charge in [0.15, 0.2) is 5.82 Å². The van der Waals surface area contributed by atoms with E-state index in [-0.39, 0.29) is 19.2 Å². The van der Waals surface area contributed by atoms with Crippen molar-refractivity contribution >= 4 is 11.7 Å². The number of pyridine rings is 1. The third kappa shape index (κ3) is 4.17. The molecule has 0 fully saturated rings. The Balaban J connectivity index is 1.59. The van der Waals surface area contributed by atoms with E-state index < -0.39 is 0 Å². The van der Waals surface area contributed by atoms with Gasteiger partial charge in [-0.05, 0) is 25.5 Å². The first-order valence-corrected chi connectivity index (χ1v) is 8.36. The van der Waals surface area contributed by atoms with Gasteiger partial charge >= 0.3 is 6.03 Å². The molecule has 138 valence electrons. The van der Waals surface area contributed by atoms with E-state index in [9.17, 15) is 4.79 Å². The molecule has 1 N–H and O–H groups in total. The van der Waals surface area contributed by atoms with Crippen LogP contribution in [0.1, 0.15) is 29.9 Å². The molecule has 0 atom stereocenters. The first kappa shape index (κ1) is 17.9. The average Bonchev–Trinajstić information content (AvgIpc) is 3.23. The second-order valence-electron chi connectivity index (χ2n) is 5.91. The molecule has 9 nitrogen and oxygen atoms in total. The standard InChI is InChI=1S/C17H22N6O3/c1-4-22(10-16-20-14(11-25-3)21-26-16)17(24)18-7-13-9-23-8-12(2)5-6-15(23)19-13/h5-6,8-9H,4,7,10-11H2,1-3H3,(H,18,24). The number of methoxy groups -OCH3 is 1. The van der Waals surface area contributed by atoms with Crippen molar-refractivity contribution in [3.8, 4) is 0 Å². The summed E-state index contributed by atoms with van der Waals surface area (Å²) in [7, 11) is 1.56. The molecule has 0 aliphatic carbocycles. The number of hydrogen-bond acceptors (Lipinski definition) is 6. The van der Waals surface area contributed by atoms with Crippen LogP contribution >= 0.6 is 0 Å². The van der Waals surface area contributed by atoms with E-state index in [2.05, 4.69) is 20.4 Å².